The molecule has 34 heavy (non-hydrogen) atoms. The lowest BCUT2D eigenvalue weighted by Crippen LogP contribution is -2.45. The minimum Gasteiger partial charge on any atom is -0.485 e. The molecule has 190 valence electrons. The van der Waals surface area contributed by atoms with Gasteiger partial charge in [0.2, 0.25) is 0 Å². The highest BCUT2D eigenvalue weighted by Crippen LogP contribution is 2.43. The van der Waals surface area contributed by atoms with Crippen LogP contribution in [0.25, 0.3) is 0 Å². The van der Waals surface area contributed by atoms with E-state index in [-0.39, 0.29) is 40.3 Å². The van der Waals surface area contributed by atoms with Crippen molar-refractivity contribution < 1.29 is 48.7 Å². The van der Waals surface area contributed by atoms with Crippen LogP contribution in [0.3, 0.4) is 0 Å². The number of hydrogen-bond acceptors (Lipinski definition) is 10. The molecule has 2 atom stereocenters. The minimum absolute atomic E-state index is 0.111. The summed E-state index contributed by atoms with van der Waals surface area (Å²) < 4.78 is 21.6. The standard InChI is InChI=1S/C19H27ClN2O6.C2H2O4/c1-25-6-2-4-22-5-3-12(15(23)10-22)11-28-19(24)13-9-14(20)16(21)18-17(13)26-7-8-27-18;3-1(4)2(5)6/h9,12,15,23H,2-8,10-11,21H2,1H3;(H,3,4)(H,5,6)/t12-,15+;/m0./s1. The molecule has 0 radical (unpaired) electrons. The maximum atomic E-state index is 12.6. The summed E-state index contributed by atoms with van der Waals surface area (Å²) in [6.07, 6.45) is 1.13. The van der Waals surface area contributed by atoms with Crippen molar-refractivity contribution in [2.24, 2.45) is 5.92 Å². The van der Waals surface area contributed by atoms with Crippen LogP contribution >= 0.6 is 11.6 Å². The lowest BCUT2D eigenvalue weighted by Gasteiger charge is -2.35. The minimum atomic E-state index is -1.82. The van der Waals surface area contributed by atoms with Crippen LogP contribution in [0.1, 0.15) is 23.2 Å². The van der Waals surface area contributed by atoms with E-state index >= 15 is 0 Å². The summed E-state index contributed by atoms with van der Waals surface area (Å²) in [6, 6.07) is 1.43. The van der Waals surface area contributed by atoms with Gasteiger partial charge in [0, 0.05) is 32.7 Å². The first kappa shape index (κ1) is 27.4. The van der Waals surface area contributed by atoms with Crippen LogP contribution in [0.4, 0.5) is 5.69 Å². The average molecular weight is 505 g/mol. The van der Waals surface area contributed by atoms with Crippen LogP contribution in [0, 0.1) is 5.92 Å². The van der Waals surface area contributed by atoms with Crippen LogP contribution in [-0.4, -0.2) is 97.4 Å². The predicted molar refractivity (Wildman–Crippen MR) is 119 cm³/mol. The highest BCUT2D eigenvalue weighted by atomic mass is 35.5. The number of halogens is 1. The molecule has 12 nitrogen and oxygen atoms in total. The van der Waals surface area contributed by atoms with Crippen LogP contribution in [-0.2, 0) is 19.1 Å². The third-order valence-corrected chi connectivity index (χ3v) is 5.57. The first-order valence-electron chi connectivity index (χ1n) is 10.6. The Morgan fingerprint density at radius 2 is 1.85 bits per heavy atom. The van der Waals surface area contributed by atoms with E-state index in [1.165, 1.54) is 6.07 Å². The number of carbonyl (C=O) groups excluding carboxylic acids is 1. The number of likely N-dealkylation sites (tertiary alicyclic amines) is 1. The predicted octanol–water partition coefficient (Wildman–Crippen LogP) is 0.725. The Morgan fingerprint density at radius 3 is 2.44 bits per heavy atom. The Hall–Kier alpha value is -2.80. The number of anilines is 1. The quantitative estimate of drug-likeness (QED) is 0.177. The van der Waals surface area contributed by atoms with Crippen LogP contribution < -0.4 is 15.2 Å². The first-order valence-corrected chi connectivity index (χ1v) is 10.9. The lowest BCUT2D eigenvalue weighted by atomic mass is 9.94. The Labute approximate surface area is 201 Å². The second-order valence-electron chi connectivity index (χ2n) is 7.65. The van der Waals surface area contributed by atoms with Gasteiger partial charge in [0.1, 0.15) is 18.8 Å². The highest BCUT2D eigenvalue weighted by Gasteiger charge is 2.30. The number of fused-ring (bicyclic) bond motifs is 1. The molecule has 0 bridgehead atoms. The monoisotopic (exact) mass is 504 g/mol. The molecule has 0 aromatic heterocycles. The zero-order valence-corrected chi connectivity index (χ0v) is 19.5. The number of aliphatic hydroxyl groups is 1. The van der Waals surface area contributed by atoms with E-state index in [1.54, 1.807) is 7.11 Å². The second-order valence-corrected chi connectivity index (χ2v) is 8.05. The van der Waals surface area contributed by atoms with Crippen LogP contribution in [0.2, 0.25) is 5.02 Å². The van der Waals surface area contributed by atoms with Gasteiger partial charge in [-0.2, -0.15) is 0 Å². The van der Waals surface area contributed by atoms with Gasteiger partial charge in [0.25, 0.3) is 0 Å². The number of nitrogens with zero attached hydrogens (tertiary/aromatic N) is 1. The van der Waals surface area contributed by atoms with E-state index in [4.69, 9.17) is 56.1 Å². The van der Waals surface area contributed by atoms with Crippen molar-refractivity contribution in [3.8, 4) is 11.5 Å². The molecular formula is C21H29ClN2O10. The van der Waals surface area contributed by atoms with E-state index in [1.807, 2.05) is 0 Å². The molecule has 5 N–H and O–H groups in total. The van der Waals surface area contributed by atoms with E-state index in [0.29, 0.717) is 26.4 Å². The van der Waals surface area contributed by atoms with Crippen molar-refractivity contribution in [2.45, 2.75) is 18.9 Å². The number of ether oxygens (including phenoxy) is 4. The normalized spacial score (nSPS) is 19.5. The molecular weight excluding hydrogens is 476 g/mol. The maximum absolute atomic E-state index is 12.6. The SMILES string of the molecule is COCCCN1CC[C@@H](COC(=O)c2cc(Cl)c(N)c3c2OCCO3)[C@H](O)C1.O=C(O)C(=O)O. The number of esters is 1. The molecule has 0 aliphatic carbocycles. The number of aliphatic carboxylic acids is 2. The van der Waals surface area contributed by atoms with Crippen molar-refractivity contribution >= 4 is 35.2 Å². The Morgan fingerprint density at radius 1 is 1.21 bits per heavy atom. The average Bonchev–Trinajstić information content (AvgIpc) is 2.81. The van der Waals surface area contributed by atoms with Gasteiger partial charge in [-0.3, -0.25) is 0 Å². The molecule has 1 fully saturated rings. The van der Waals surface area contributed by atoms with E-state index in [2.05, 4.69) is 4.90 Å². The van der Waals surface area contributed by atoms with Gasteiger partial charge >= 0.3 is 17.9 Å². The molecule has 3 rings (SSSR count). The Bertz CT molecular complexity index is 870. The molecule has 13 heteroatoms. The van der Waals surface area contributed by atoms with Crippen molar-refractivity contribution in [2.75, 3.05) is 58.9 Å². The fourth-order valence-electron chi connectivity index (χ4n) is 3.48. The number of carboxylic acid groups (broad SMARTS) is 2. The molecule has 0 spiro atoms. The molecule has 1 aromatic rings. The maximum Gasteiger partial charge on any atom is 0.414 e. The molecule has 0 unspecified atom stereocenters. The Kier molecular flexibility index (Phi) is 10.6. The van der Waals surface area contributed by atoms with Gasteiger partial charge in [-0.1, -0.05) is 11.6 Å². The summed E-state index contributed by atoms with van der Waals surface area (Å²) in [5.41, 5.74) is 6.32. The number of nitrogen functional groups attached to an aromatic ring is 1. The molecule has 0 amide bonds. The second kappa shape index (κ2) is 13.2. The van der Waals surface area contributed by atoms with Gasteiger partial charge in [0.15, 0.2) is 11.5 Å². The van der Waals surface area contributed by atoms with Crippen LogP contribution in [0.5, 0.6) is 11.5 Å². The lowest BCUT2D eigenvalue weighted by molar-refractivity contribution is -0.159. The van der Waals surface area contributed by atoms with Gasteiger partial charge in [-0.15, -0.1) is 0 Å². The van der Waals surface area contributed by atoms with E-state index in [0.717, 1.165) is 25.9 Å². The fourth-order valence-corrected chi connectivity index (χ4v) is 3.68. The summed E-state index contributed by atoms with van der Waals surface area (Å²) in [5.74, 6) is -3.80. The first-order chi connectivity index (χ1) is 16.1. The zero-order chi connectivity index (χ0) is 25.3. The number of rotatable bonds is 7. The number of piperidine rings is 1. The number of benzene rings is 1. The van der Waals surface area contributed by atoms with E-state index in [9.17, 15) is 9.90 Å². The molecule has 2 heterocycles. The van der Waals surface area contributed by atoms with E-state index < -0.39 is 24.0 Å². The summed E-state index contributed by atoms with van der Waals surface area (Å²) in [4.78, 5) is 33.0. The largest absolute Gasteiger partial charge is 0.485 e. The van der Waals surface area contributed by atoms with Crippen molar-refractivity contribution in [3.63, 3.8) is 0 Å². The molecule has 1 aromatic carbocycles. The highest BCUT2D eigenvalue weighted by molar-refractivity contribution is 6.34. The van der Waals surface area contributed by atoms with Gasteiger partial charge in [-0.05, 0) is 25.5 Å². The summed E-state index contributed by atoms with van der Waals surface area (Å²) in [5, 5.41) is 25.4. The molecule has 1 saturated heterocycles. The summed E-state index contributed by atoms with van der Waals surface area (Å²) in [6.45, 7) is 3.77. The smallest absolute Gasteiger partial charge is 0.414 e. The summed E-state index contributed by atoms with van der Waals surface area (Å²) >= 11 is 6.11. The number of nitrogens with two attached hydrogens (primary N) is 1. The van der Waals surface area contributed by atoms with Crippen molar-refractivity contribution in [3.05, 3.63) is 16.7 Å². The number of carbonyl (C=O) groups is 3. The number of aliphatic hydroxyl groups excluding tert-OH is 1. The van der Waals surface area contributed by atoms with Crippen molar-refractivity contribution in [1.29, 1.82) is 0 Å². The third-order valence-electron chi connectivity index (χ3n) is 5.26. The van der Waals surface area contributed by atoms with Gasteiger partial charge in [-0.25, -0.2) is 14.4 Å². The third kappa shape index (κ3) is 7.62. The number of carboxylic acids is 2. The molecule has 0 saturated carbocycles. The number of hydrogen-bond donors (Lipinski definition) is 4. The zero-order valence-electron chi connectivity index (χ0n) is 18.7. The fraction of sp³-hybridized carbons (Fsp3) is 0.571. The topological polar surface area (TPSA) is 178 Å². The number of methoxy groups -OCH3 is 1. The van der Waals surface area contributed by atoms with Crippen molar-refractivity contribution in [1.82, 2.24) is 4.90 Å². The van der Waals surface area contributed by atoms with Crippen LogP contribution in [0.15, 0.2) is 6.07 Å². The number of β-amino-alcohol motifs (C(OH)–C–C–N with tert-alkyl or cyclic N) is 1. The van der Waals surface area contributed by atoms with Gasteiger partial charge in [0.05, 0.1) is 23.4 Å². The Balaban J connectivity index is 0.000000604. The summed E-state index contributed by atoms with van der Waals surface area (Å²) in [7, 11) is 1.68. The molecule has 2 aliphatic heterocycles. The molecule has 2 aliphatic rings. The van der Waals surface area contributed by atoms with Gasteiger partial charge < -0.3 is 44.9 Å².